The zero-order valence-corrected chi connectivity index (χ0v) is 35.0. The third-order valence-electron chi connectivity index (χ3n) is 7.87. The molecule has 2 rings (SSSR count). The van der Waals surface area contributed by atoms with Gasteiger partial charge in [0.05, 0.1) is 66.1 Å². The van der Waals surface area contributed by atoms with Crippen molar-refractivity contribution in [2.45, 2.75) is 110 Å². The molecule has 0 aromatic carbocycles. The second-order valence-corrected chi connectivity index (χ2v) is 15.6. The predicted molar refractivity (Wildman–Crippen MR) is 217 cm³/mol. The van der Waals surface area contributed by atoms with Gasteiger partial charge in [0.1, 0.15) is 49.3 Å². The molecule has 0 bridgehead atoms. The van der Waals surface area contributed by atoms with Gasteiger partial charge in [-0.05, 0) is 55.4 Å². The molecule has 55 heavy (non-hydrogen) atoms. The van der Waals surface area contributed by atoms with Gasteiger partial charge in [0, 0.05) is 0 Å². The van der Waals surface area contributed by atoms with Crippen molar-refractivity contribution in [1.82, 2.24) is 0 Å². The lowest BCUT2D eigenvalue weighted by Gasteiger charge is -2.48. The van der Waals surface area contributed by atoms with Gasteiger partial charge < -0.3 is 52.1 Å². The maximum atomic E-state index is 7.14. The second-order valence-electron chi connectivity index (χ2n) is 15.6. The summed E-state index contributed by atoms with van der Waals surface area (Å²) in [6, 6.07) is 0. The Hall–Kier alpha value is -2.52. The van der Waals surface area contributed by atoms with Gasteiger partial charge >= 0.3 is 0 Å². The van der Waals surface area contributed by atoms with E-state index in [0.717, 1.165) is 44.6 Å². The summed E-state index contributed by atoms with van der Waals surface area (Å²) in [4.78, 5) is 0. The first-order chi connectivity index (χ1) is 25.8. The predicted octanol–water partition coefficient (Wildman–Crippen LogP) is 7.41. The minimum absolute atomic E-state index is 0.0958. The average molecular weight is 775 g/mol. The standard InChI is InChI=1S/C44H70O11/c1-28(2)17-45-25-36-38(48-20-31(7)8)40(50-22-33(11)12)41(51-23-34(13)14)43(53-36)55-44(27-47-19-30(5)6)42(52-24-35(15)16)39(49-21-32(9)10)37(54-44)26-46-18-29(3)4/h36-43H,1,3,5,7,9,11,13,15,17-27H2,2,4,6,8,10,12,14,16H3/t36-,37-,38-,39-,40+,41-,42+,43-,44+/m1/s1. The Labute approximate surface area is 331 Å². The molecule has 0 amide bonds. The van der Waals surface area contributed by atoms with Crippen molar-refractivity contribution >= 4 is 0 Å². The first-order valence-electron chi connectivity index (χ1n) is 18.8. The van der Waals surface area contributed by atoms with Gasteiger partial charge in [0.2, 0.25) is 5.79 Å². The van der Waals surface area contributed by atoms with Crippen LogP contribution in [0, 0.1) is 0 Å². The molecule has 0 saturated carbocycles. The summed E-state index contributed by atoms with van der Waals surface area (Å²) < 4.78 is 72.1. The molecule has 2 aliphatic rings. The monoisotopic (exact) mass is 774 g/mol. The van der Waals surface area contributed by atoms with Crippen LogP contribution in [0.15, 0.2) is 97.2 Å². The topological polar surface area (TPSA) is 102 Å². The molecule has 0 N–H and O–H groups in total. The van der Waals surface area contributed by atoms with Crippen molar-refractivity contribution in [2.75, 3.05) is 72.7 Å². The fraction of sp³-hybridized carbons (Fsp3) is 0.636. The van der Waals surface area contributed by atoms with Gasteiger partial charge in [0.15, 0.2) is 6.29 Å². The Kier molecular flexibility index (Phi) is 21.5. The van der Waals surface area contributed by atoms with Crippen LogP contribution in [0.1, 0.15) is 55.4 Å². The van der Waals surface area contributed by atoms with E-state index < -0.39 is 54.8 Å². The molecule has 2 saturated heterocycles. The Bertz CT molecular complexity index is 1340. The van der Waals surface area contributed by atoms with E-state index >= 15 is 0 Å². The van der Waals surface area contributed by atoms with Crippen molar-refractivity contribution in [2.24, 2.45) is 0 Å². The van der Waals surface area contributed by atoms with Crippen LogP contribution in [0.4, 0.5) is 0 Å². The highest BCUT2D eigenvalue weighted by Crippen LogP contribution is 2.42. The molecule has 2 heterocycles. The molecule has 0 spiro atoms. The fourth-order valence-electron chi connectivity index (χ4n) is 5.75. The minimum Gasteiger partial charge on any atom is -0.374 e. The summed E-state index contributed by atoms with van der Waals surface area (Å²) in [6.45, 7) is 49.6. The summed E-state index contributed by atoms with van der Waals surface area (Å²) >= 11 is 0. The smallest absolute Gasteiger partial charge is 0.224 e. The first kappa shape index (κ1) is 48.6. The van der Waals surface area contributed by atoms with Gasteiger partial charge in [-0.3, -0.25) is 0 Å². The van der Waals surface area contributed by atoms with Crippen LogP contribution < -0.4 is 0 Å². The Morgan fingerprint density at radius 3 is 1.29 bits per heavy atom. The minimum atomic E-state index is -1.63. The molecule has 2 fully saturated rings. The van der Waals surface area contributed by atoms with Gasteiger partial charge in [-0.15, -0.1) is 0 Å². The van der Waals surface area contributed by atoms with Crippen molar-refractivity contribution in [3.63, 3.8) is 0 Å². The third kappa shape index (κ3) is 17.2. The van der Waals surface area contributed by atoms with E-state index in [-0.39, 0.29) is 59.5 Å². The summed E-state index contributed by atoms with van der Waals surface area (Å²) in [7, 11) is 0. The van der Waals surface area contributed by atoms with E-state index in [2.05, 4.69) is 52.6 Å². The number of hydrogen-bond acceptors (Lipinski definition) is 11. The Morgan fingerprint density at radius 2 is 0.818 bits per heavy atom. The molecule has 11 heteroatoms. The summed E-state index contributed by atoms with van der Waals surface area (Å²) in [5.41, 5.74) is 6.54. The van der Waals surface area contributed by atoms with E-state index in [1.807, 2.05) is 55.4 Å². The Morgan fingerprint density at radius 1 is 0.436 bits per heavy atom. The molecule has 0 aliphatic carbocycles. The SMILES string of the molecule is C=C(C)COC[C@H]1O[C@@](COCC(=C)C)(O[C@H]2O[C@H](COCC(=C)C)[C@@H](OCC(=C)C)[C@H](OCC(=C)C)[C@H]2OCC(=C)C)[C@@H](OCC(=C)C)[C@@H]1OCC(=C)C. The van der Waals surface area contributed by atoms with Crippen LogP contribution >= 0.6 is 0 Å². The van der Waals surface area contributed by atoms with Crippen LogP contribution in [-0.2, 0) is 52.1 Å². The van der Waals surface area contributed by atoms with E-state index in [1.165, 1.54) is 0 Å². The molecule has 312 valence electrons. The van der Waals surface area contributed by atoms with E-state index in [0.29, 0.717) is 13.2 Å². The van der Waals surface area contributed by atoms with Crippen molar-refractivity contribution in [3.8, 4) is 0 Å². The largest absolute Gasteiger partial charge is 0.374 e. The molecule has 0 aromatic rings. The van der Waals surface area contributed by atoms with Crippen LogP contribution in [-0.4, -0.2) is 127 Å². The van der Waals surface area contributed by atoms with Crippen LogP contribution in [0.2, 0.25) is 0 Å². The van der Waals surface area contributed by atoms with Crippen LogP contribution in [0.3, 0.4) is 0 Å². The normalized spacial score (nSPS) is 27.8. The van der Waals surface area contributed by atoms with Crippen LogP contribution in [0.5, 0.6) is 0 Å². The second kappa shape index (κ2) is 24.3. The summed E-state index contributed by atoms with van der Waals surface area (Å²) in [6.07, 6.45) is -6.34. The first-order valence-corrected chi connectivity index (χ1v) is 18.8. The van der Waals surface area contributed by atoms with Gasteiger partial charge in [-0.1, -0.05) is 97.2 Å². The Balaban J connectivity index is 2.81. The van der Waals surface area contributed by atoms with Crippen molar-refractivity contribution < 1.29 is 52.1 Å². The summed E-state index contributed by atoms with van der Waals surface area (Å²) in [5, 5.41) is 0. The molecular formula is C44H70O11. The van der Waals surface area contributed by atoms with Gasteiger partial charge in [-0.25, -0.2) is 0 Å². The van der Waals surface area contributed by atoms with E-state index in [4.69, 9.17) is 52.1 Å². The molecule has 9 atom stereocenters. The molecule has 11 nitrogen and oxygen atoms in total. The molecule has 0 aromatic heterocycles. The third-order valence-corrected chi connectivity index (χ3v) is 7.87. The van der Waals surface area contributed by atoms with E-state index in [1.54, 1.807) is 0 Å². The quantitative estimate of drug-likeness (QED) is 0.0711. The molecule has 0 radical (unpaired) electrons. The van der Waals surface area contributed by atoms with E-state index in [9.17, 15) is 0 Å². The highest BCUT2D eigenvalue weighted by molar-refractivity contribution is 5.05. The maximum Gasteiger partial charge on any atom is 0.224 e. The number of ether oxygens (including phenoxy) is 11. The molecular weight excluding hydrogens is 704 g/mol. The zero-order chi connectivity index (χ0) is 41.3. The molecule has 0 unspecified atom stereocenters. The van der Waals surface area contributed by atoms with Crippen molar-refractivity contribution in [1.29, 1.82) is 0 Å². The number of rotatable bonds is 29. The molecule has 2 aliphatic heterocycles. The highest BCUT2D eigenvalue weighted by Gasteiger charge is 2.61. The fourth-order valence-corrected chi connectivity index (χ4v) is 5.75. The summed E-state index contributed by atoms with van der Waals surface area (Å²) in [5.74, 6) is -1.63. The van der Waals surface area contributed by atoms with Gasteiger partial charge in [-0.2, -0.15) is 0 Å². The lowest BCUT2D eigenvalue weighted by atomic mass is 9.97. The lowest BCUT2D eigenvalue weighted by molar-refractivity contribution is -0.394. The van der Waals surface area contributed by atoms with Gasteiger partial charge in [0.25, 0.3) is 0 Å². The number of hydrogen-bond donors (Lipinski definition) is 0. The maximum absolute atomic E-state index is 7.14. The zero-order valence-electron chi connectivity index (χ0n) is 35.0. The van der Waals surface area contributed by atoms with Crippen LogP contribution in [0.25, 0.3) is 0 Å². The average Bonchev–Trinajstić information content (AvgIpc) is 3.34. The highest BCUT2D eigenvalue weighted by atomic mass is 16.8. The lowest BCUT2D eigenvalue weighted by Crippen LogP contribution is -2.65. The van der Waals surface area contributed by atoms with Crippen molar-refractivity contribution in [3.05, 3.63) is 97.2 Å².